The molecule has 6 fully saturated rings. The Labute approximate surface area is 688 Å². The molecule has 18 rings (SSSR count). The highest BCUT2D eigenvalue weighted by Crippen LogP contribution is 2.71. The molecule has 115 heavy (non-hydrogen) atoms. The molecule has 0 bridgehead atoms. The molecule has 3 aliphatic heterocycles. The number of thiocarbonyl (C=S) groups is 2. The zero-order chi connectivity index (χ0) is 81.7. The average Bonchev–Trinajstić information content (AvgIpc) is 1.60. The van der Waals surface area contributed by atoms with Gasteiger partial charge in [-0.2, -0.15) is 10.2 Å². The number of hydrogen-bond donors (Lipinski definition) is 9. The van der Waals surface area contributed by atoms with E-state index in [1.807, 2.05) is 45.0 Å². The second-order valence-corrected chi connectivity index (χ2v) is 36.3. The first-order valence-electron chi connectivity index (χ1n) is 41.5. The minimum absolute atomic E-state index is 0.0255. The number of aliphatic hydroxyl groups excluding tert-OH is 1. The van der Waals surface area contributed by atoms with E-state index in [-0.39, 0.29) is 89.2 Å². The van der Waals surface area contributed by atoms with Gasteiger partial charge in [0.05, 0.1) is 17.0 Å². The molecular formula is C94H114N6O13S2. The van der Waals surface area contributed by atoms with E-state index in [0.29, 0.717) is 41.9 Å². The average molecular weight is 1600 g/mol. The highest BCUT2D eigenvalue weighted by atomic mass is 32.1. The zero-order valence-electron chi connectivity index (χ0n) is 68.4. The number of carbonyl (C=O) groups is 2. The van der Waals surface area contributed by atoms with Crippen LogP contribution in [0.3, 0.4) is 0 Å². The van der Waals surface area contributed by atoms with Gasteiger partial charge in [0.15, 0.2) is 50.5 Å². The molecule has 610 valence electrons. The third-order valence-corrected chi connectivity index (χ3v) is 28.6. The lowest BCUT2D eigenvalue weighted by atomic mass is 9.51. The highest BCUT2D eigenvalue weighted by molar-refractivity contribution is 7.80. The molecule has 1 unspecified atom stereocenters. The number of hydrogen-bond acceptors (Lipinski definition) is 17. The minimum atomic E-state index is -0.952. The van der Waals surface area contributed by atoms with Crippen LogP contribution in [0.4, 0.5) is 0 Å². The fraction of sp³-hybridized carbons (Fsp3) is 0.553. The third kappa shape index (κ3) is 15.8. The number of rotatable bonds is 7. The van der Waals surface area contributed by atoms with Gasteiger partial charge in [-0.25, -0.2) is 0 Å². The van der Waals surface area contributed by atoms with Crippen molar-refractivity contribution in [3.05, 3.63) is 140 Å². The molecule has 15 atom stereocenters. The lowest BCUT2D eigenvalue weighted by Gasteiger charge is -2.53. The Morgan fingerprint density at radius 2 is 0.826 bits per heavy atom. The van der Waals surface area contributed by atoms with Crippen LogP contribution >= 0.6 is 24.4 Å². The lowest BCUT2D eigenvalue weighted by Crippen LogP contribution is -2.51. The van der Waals surface area contributed by atoms with Crippen molar-refractivity contribution in [1.29, 1.82) is 0 Å². The predicted octanol–water partition coefficient (Wildman–Crippen LogP) is 15.2. The molecule has 11 N–H and O–H groups in total. The Balaban J connectivity index is 0.000000134. The van der Waals surface area contributed by atoms with Gasteiger partial charge >= 0.3 is 0 Å². The molecule has 0 radical (unpaired) electrons. The smallest absolute Gasteiger partial charge is 0.231 e. The number of benzene rings is 3. The molecule has 21 heteroatoms. The van der Waals surface area contributed by atoms with Crippen LogP contribution in [-0.4, -0.2) is 108 Å². The van der Waals surface area contributed by atoms with Crippen LogP contribution in [0.5, 0.6) is 34.5 Å². The van der Waals surface area contributed by atoms with Gasteiger partial charge < -0.3 is 65.4 Å². The number of ether oxygens (including phenoxy) is 6. The Bertz CT molecular complexity index is 4690. The van der Waals surface area contributed by atoms with Gasteiger partial charge in [0.2, 0.25) is 20.4 Å². The summed E-state index contributed by atoms with van der Waals surface area (Å²) in [7, 11) is 0. The molecule has 0 spiro atoms. The number of nitrogens with two attached hydrogens (primary N) is 2. The quantitative estimate of drug-likeness (QED) is 0.0603. The number of fused-ring (bicyclic) bond motifs is 15. The Hall–Kier alpha value is -8.56. The van der Waals surface area contributed by atoms with E-state index in [0.717, 1.165) is 174 Å². The predicted molar refractivity (Wildman–Crippen MR) is 453 cm³/mol. The third-order valence-electron chi connectivity index (χ3n) is 28.4. The van der Waals surface area contributed by atoms with E-state index in [9.17, 15) is 24.9 Å². The monoisotopic (exact) mass is 1600 g/mol. The molecule has 15 aliphatic rings. The maximum atomic E-state index is 12.2. The van der Waals surface area contributed by atoms with Crippen molar-refractivity contribution >= 4 is 57.7 Å². The van der Waals surface area contributed by atoms with Gasteiger partial charge in [-0.15, -0.1) is 17.8 Å². The Kier molecular flexibility index (Phi) is 23.9. The van der Waals surface area contributed by atoms with Crippen molar-refractivity contribution in [2.75, 3.05) is 27.0 Å². The maximum Gasteiger partial charge on any atom is 0.231 e. The number of hydrazone groups is 2. The summed E-state index contributed by atoms with van der Waals surface area (Å²) in [5.41, 5.74) is 30.9. The van der Waals surface area contributed by atoms with Gasteiger partial charge in [-0.3, -0.25) is 20.4 Å². The summed E-state index contributed by atoms with van der Waals surface area (Å²) in [6.45, 7) is 19.8. The number of ketones is 2. The van der Waals surface area contributed by atoms with E-state index < -0.39 is 22.4 Å². The standard InChI is InChI=1S/2C29H33N3O3S.C28H30O4.C6H12O2.C2H6O/c2*1-3-11-29(33)12-10-23-21-7-4-17-13-19(31-32-27(30)36)6-8-20(17)26(21)22(15-28(23,29)2)18-5-9-24-25(14-18)35-16-34-24;1-3-11-28(30)12-10-23-21-7-4-17-13-19(29)6-8-20(17)26(21)22(15-27(23,28)2)18-5-9-24-25(14-18)32-16-31-24;1-5(7)4-6(2,3)8;1-2-3/h2*5,9,13-14,21-23,33H,4,6-8,10,12,15-16H2,1-2H3,(H3,30,32,36);5,9,13-14,21-23,30H,4,6-8,10,12,15-16H2,1-2H3;8H,4H2,1-3H3;3H,2H2,1H3/t21-,22?,23-,28-,29-;21-,22+,23-,28-,29-;21-,22+,23-,27-,28-;;/m000../s1. The summed E-state index contributed by atoms with van der Waals surface area (Å²) in [6, 6.07) is 19.1. The van der Waals surface area contributed by atoms with Gasteiger partial charge in [0, 0.05) is 53.4 Å². The second kappa shape index (κ2) is 33.1. The summed E-state index contributed by atoms with van der Waals surface area (Å²) < 4.78 is 34.0. The Morgan fingerprint density at radius 3 is 1.12 bits per heavy atom. The summed E-state index contributed by atoms with van der Waals surface area (Å²) in [4.78, 5) is 22.5. The fourth-order valence-electron chi connectivity index (χ4n) is 23.6. The molecule has 3 heterocycles. The van der Waals surface area contributed by atoms with Crippen molar-refractivity contribution < 1.29 is 63.5 Å². The summed E-state index contributed by atoms with van der Waals surface area (Å²) in [6.07, 6.45) is 25.8. The van der Waals surface area contributed by atoms with Crippen LogP contribution in [0.15, 0.2) is 133 Å². The number of allylic oxidation sites excluding steroid dienone is 12. The molecule has 0 saturated heterocycles. The fourth-order valence-corrected chi connectivity index (χ4v) is 23.7. The number of nitrogens with one attached hydrogen (secondary N) is 2. The van der Waals surface area contributed by atoms with Crippen molar-refractivity contribution in [1.82, 2.24) is 10.9 Å². The van der Waals surface area contributed by atoms with Crippen LogP contribution in [0.2, 0.25) is 0 Å². The number of nitrogens with zero attached hydrogens (tertiary/aromatic N) is 2. The van der Waals surface area contributed by atoms with E-state index in [1.165, 1.54) is 62.6 Å². The SMILES string of the molecule is CC#C[C@]1(O)CC[C@H]2[C@@H]3CCC4=CC(=NNC(N)=S)CCC4=C3C(c3ccc4c(c3)OCO4)C[C@@]21C.CC#C[C@]1(O)CC[C@H]2[C@@H]3CCC4=CC(=NNC(N)=S)CCC4=C3[C@@H](c3ccc4c(c3)OCO4)C[C@@]21C.CC#C[C@]1(O)CC[C@H]2[C@@H]3CCC4=CC(=O)CCC4=C3[C@@H](c3ccc4c(c3)OCO4)C[C@@]21C.CC(=O)CC(C)(C)O.CCO. The van der Waals surface area contributed by atoms with Crippen LogP contribution in [0.25, 0.3) is 0 Å². The first-order chi connectivity index (χ1) is 54.9. The second-order valence-electron chi connectivity index (χ2n) is 35.4. The molecular weight excluding hydrogens is 1490 g/mol. The molecule has 3 aromatic rings. The van der Waals surface area contributed by atoms with Crippen molar-refractivity contribution in [2.24, 2.45) is 73.4 Å². The summed E-state index contributed by atoms with van der Waals surface area (Å²) >= 11 is 9.86. The van der Waals surface area contributed by atoms with E-state index in [2.05, 4.69) is 126 Å². The zero-order valence-corrected chi connectivity index (χ0v) is 70.0. The van der Waals surface area contributed by atoms with E-state index in [4.69, 9.17) is 74.5 Å². The first kappa shape index (κ1) is 82.9. The van der Waals surface area contributed by atoms with Crippen LogP contribution in [0, 0.1) is 87.3 Å². The molecule has 12 aliphatic carbocycles. The highest BCUT2D eigenvalue weighted by Gasteiger charge is 2.66. The molecule has 3 aromatic carbocycles. The van der Waals surface area contributed by atoms with Gasteiger partial charge in [-0.1, -0.05) is 73.5 Å². The van der Waals surface area contributed by atoms with Crippen LogP contribution in [-0.2, 0) is 9.59 Å². The first-order valence-corrected chi connectivity index (χ1v) is 42.3. The molecule has 0 aromatic heterocycles. The van der Waals surface area contributed by atoms with Gasteiger partial charge in [-0.05, 0) is 342 Å². The number of aliphatic hydroxyl groups is 5. The minimum Gasteiger partial charge on any atom is -0.454 e. The largest absolute Gasteiger partial charge is 0.454 e. The van der Waals surface area contributed by atoms with Gasteiger partial charge in [0.25, 0.3) is 0 Å². The molecule has 6 saturated carbocycles. The molecule has 0 amide bonds. The van der Waals surface area contributed by atoms with Crippen molar-refractivity contribution in [3.8, 4) is 70.0 Å². The molecule has 19 nitrogen and oxygen atoms in total. The topological polar surface area (TPSA) is 291 Å². The van der Waals surface area contributed by atoms with Crippen LogP contribution in [0.1, 0.15) is 245 Å². The van der Waals surface area contributed by atoms with E-state index in [1.54, 1.807) is 31.9 Å². The van der Waals surface area contributed by atoms with Crippen LogP contribution < -0.4 is 50.7 Å². The van der Waals surface area contributed by atoms with Gasteiger partial charge in [0.1, 0.15) is 22.6 Å². The number of carbonyl (C=O) groups excluding carboxylic acids is 2. The Morgan fingerprint density at radius 1 is 0.513 bits per heavy atom. The maximum absolute atomic E-state index is 12.2. The van der Waals surface area contributed by atoms with E-state index >= 15 is 0 Å². The summed E-state index contributed by atoms with van der Waals surface area (Å²) in [5, 5.41) is 61.2. The lowest BCUT2D eigenvalue weighted by molar-refractivity contribution is -0.120. The summed E-state index contributed by atoms with van der Waals surface area (Å²) in [5.74, 6) is 27.1. The van der Waals surface area contributed by atoms with Crippen molar-refractivity contribution in [3.63, 3.8) is 0 Å². The number of Topliss-reactive ketones (excluding diaryl/α,β-unsaturated/α-hetero) is 1. The normalized spacial score (nSPS) is 33.4. The van der Waals surface area contributed by atoms with Crippen molar-refractivity contribution in [2.45, 2.75) is 251 Å².